The second kappa shape index (κ2) is 5.26. The standard InChI is InChI=1S/C9H17N5/c1-8(13-9(10-2)11-3)6-14-5-4-12-7-14/h4-5,7-8H,6H2,1-3H3,(H2,10,11,13). The molecule has 1 aromatic rings. The van der Waals surface area contributed by atoms with Crippen LogP contribution >= 0.6 is 0 Å². The highest BCUT2D eigenvalue weighted by Crippen LogP contribution is 1.91. The summed E-state index contributed by atoms with van der Waals surface area (Å²) in [4.78, 5) is 8.03. The van der Waals surface area contributed by atoms with Crippen LogP contribution in [0.25, 0.3) is 0 Å². The first-order valence-corrected chi connectivity index (χ1v) is 4.63. The Hall–Kier alpha value is -1.52. The SMILES string of the molecule is CN=C(NC)NC(C)Cn1ccnc1. The number of hydrogen-bond donors (Lipinski definition) is 2. The molecule has 0 spiro atoms. The zero-order chi connectivity index (χ0) is 10.4. The molecule has 0 aliphatic heterocycles. The van der Waals surface area contributed by atoms with Crippen molar-refractivity contribution in [3.8, 4) is 0 Å². The lowest BCUT2D eigenvalue weighted by atomic mass is 10.3. The van der Waals surface area contributed by atoms with Gasteiger partial charge in [-0.3, -0.25) is 4.99 Å². The molecule has 0 saturated carbocycles. The number of nitrogens with one attached hydrogen (secondary N) is 2. The van der Waals surface area contributed by atoms with E-state index in [0.29, 0.717) is 6.04 Å². The van der Waals surface area contributed by atoms with Crippen molar-refractivity contribution in [3.05, 3.63) is 18.7 Å². The summed E-state index contributed by atoms with van der Waals surface area (Å²) in [5.74, 6) is 0.803. The molecule has 2 N–H and O–H groups in total. The maximum Gasteiger partial charge on any atom is 0.190 e. The van der Waals surface area contributed by atoms with Gasteiger partial charge in [0.05, 0.1) is 6.33 Å². The Balaban J connectivity index is 2.39. The summed E-state index contributed by atoms with van der Waals surface area (Å²) >= 11 is 0. The molecular formula is C9H17N5. The molecule has 1 rings (SSSR count). The Morgan fingerprint density at radius 1 is 1.64 bits per heavy atom. The van der Waals surface area contributed by atoms with Crippen LogP contribution in [0.1, 0.15) is 6.92 Å². The molecule has 1 heterocycles. The normalized spacial score (nSPS) is 13.8. The molecule has 0 aliphatic rings. The van der Waals surface area contributed by atoms with Crippen molar-refractivity contribution in [2.75, 3.05) is 14.1 Å². The average molecular weight is 195 g/mol. The molecule has 1 unspecified atom stereocenters. The van der Waals surface area contributed by atoms with Crippen LogP contribution in [-0.2, 0) is 6.54 Å². The van der Waals surface area contributed by atoms with Crippen molar-refractivity contribution in [1.29, 1.82) is 0 Å². The van der Waals surface area contributed by atoms with Gasteiger partial charge in [0, 0.05) is 39.1 Å². The lowest BCUT2D eigenvalue weighted by Crippen LogP contribution is -2.42. The zero-order valence-corrected chi connectivity index (χ0v) is 8.86. The van der Waals surface area contributed by atoms with Crippen molar-refractivity contribution in [1.82, 2.24) is 20.2 Å². The monoisotopic (exact) mass is 195 g/mol. The lowest BCUT2D eigenvalue weighted by molar-refractivity contribution is 0.540. The fraction of sp³-hybridized carbons (Fsp3) is 0.556. The molecule has 0 aliphatic carbocycles. The van der Waals surface area contributed by atoms with E-state index in [1.807, 2.05) is 17.8 Å². The molecule has 0 bridgehead atoms. The van der Waals surface area contributed by atoms with Gasteiger partial charge >= 0.3 is 0 Å². The van der Waals surface area contributed by atoms with Crippen LogP contribution in [0, 0.1) is 0 Å². The highest BCUT2D eigenvalue weighted by Gasteiger charge is 2.03. The number of aromatic nitrogens is 2. The number of hydrogen-bond acceptors (Lipinski definition) is 2. The van der Waals surface area contributed by atoms with E-state index >= 15 is 0 Å². The van der Waals surface area contributed by atoms with Gasteiger partial charge in [-0.1, -0.05) is 0 Å². The summed E-state index contributed by atoms with van der Waals surface area (Å²) in [6.07, 6.45) is 5.53. The molecule has 0 saturated heterocycles. The molecule has 5 nitrogen and oxygen atoms in total. The first kappa shape index (κ1) is 10.6. The summed E-state index contributed by atoms with van der Waals surface area (Å²) in [6.45, 7) is 2.98. The van der Waals surface area contributed by atoms with Crippen molar-refractivity contribution in [2.24, 2.45) is 4.99 Å². The van der Waals surface area contributed by atoms with E-state index in [0.717, 1.165) is 12.5 Å². The van der Waals surface area contributed by atoms with Crippen LogP contribution < -0.4 is 10.6 Å². The molecule has 1 aromatic heterocycles. The highest BCUT2D eigenvalue weighted by molar-refractivity contribution is 5.79. The van der Waals surface area contributed by atoms with Crippen LogP contribution in [0.3, 0.4) is 0 Å². The summed E-state index contributed by atoms with van der Waals surface area (Å²) in [7, 11) is 3.60. The third-order valence-electron chi connectivity index (χ3n) is 1.89. The van der Waals surface area contributed by atoms with Crippen molar-refractivity contribution < 1.29 is 0 Å². The van der Waals surface area contributed by atoms with Gasteiger partial charge in [-0.2, -0.15) is 0 Å². The van der Waals surface area contributed by atoms with Gasteiger partial charge in [-0.05, 0) is 6.92 Å². The van der Waals surface area contributed by atoms with Gasteiger partial charge < -0.3 is 15.2 Å². The second-order valence-corrected chi connectivity index (χ2v) is 3.13. The van der Waals surface area contributed by atoms with Crippen LogP contribution in [0.5, 0.6) is 0 Å². The van der Waals surface area contributed by atoms with E-state index < -0.39 is 0 Å². The van der Waals surface area contributed by atoms with Crippen molar-refractivity contribution in [2.45, 2.75) is 19.5 Å². The van der Waals surface area contributed by atoms with Gasteiger partial charge in [-0.15, -0.1) is 0 Å². The first-order chi connectivity index (χ1) is 6.76. The predicted octanol–water partition coefficient (Wildman–Crippen LogP) is 0.0664. The Kier molecular flexibility index (Phi) is 3.97. The quantitative estimate of drug-likeness (QED) is 0.530. The number of aliphatic imine (C=N–C) groups is 1. The maximum atomic E-state index is 4.05. The number of imidazole rings is 1. The third-order valence-corrected chi connectivity index (χ3v) is 1.89. The van der Waals surface area contributed by atoms with Gasteiger partial charge in [-0.25, -0.2) is 4.98 Å². The third kappa shape index (κ3) is 3.08. The summed E-state index contributed by atoms with van der Waals surface area (Å²) in [5, 5.41) is 6.22. The minimum Gasteiger partial charge on any atom is -0.359 e. The fourth-order valence-electron chi connectivity index (χ4n) is 1.24. The van der Waals surface area contributed by atoms with Crippen LogP contribution in [0.4, 0.5) is 0 Å². The Labute approximate surface area is 84.3 Å². The predicted molar refractivity (Wildman–Crippen MR) is 57.2 cm³/mol. The van der Waals surface area contributed by atoms with Gasteiger partial charge in [0.2, 0.25) is 0 Å². The van der Waals surface area contributed by atoms with E-state index in [1.54, 1.807) is 19.6 Å². The lowest BCUT2D eigenvalue weighted by Gasteiger charge is -2.16. The Morgan fingerprint density at radius 2 is 2.43 bits per heavy atom. The van der Waals surface area contributed by atoms with E-state index in [2.05, 4.69) is 27.5 Å². The minimum atomic E-state index is 0.315. The second-order valence-electron chi connectivity index (χ2n) is 3.13. The minimum absolute atomic E-state index is 0.315. The van der Waals surface area contributed by atoms with Gasteiger partial charge in [0.1, 0.15) is 0 Å². The molecule has 1 atom stereocenters. The topological polar surface area (TPSA) is 54.2 Å². The first-order valence-electron chi connectivity index (χ1n) is 4.63. The summed E-state index contributed by atoms with van der Waals surface area (Å²) in [5.41, 5.74) is 0. The molecule has 5 heteroatoms. The average Bonchev–Trinajstić information content (AvgIpc) is 2.66. The molecular weight excluding hydrogens is 178 g/mol. The molecule has 14 heavy (non-hydrogen) atoms. The Bertz CT molecular complexity index is 277. The van der Waals surface area contributed by atoms with Crippen molar-refractivity contribution >= 4 is 5.96 Å². The molecule has 0 aromatic carbocycles. The fourth-order valence-corrected chi connectivity index (χ4v) is 1.24. The van der Waals surface area contributed by atoms with Gasteiger partial charge in [0.15, 0.2) is 5.96 Å². The summed E-state index contributed by atoms with van der Waals surface area (Å²) < 4.78 is 2.03. The highest BCUT2D eigenvalue weighted by atomic mass is 15.2. The molecule has 0 fully saturated rings. The molecule has 78 valence electrons. The van der Waals surface area contributed by atoms with E-state index in [1.165, 1.54) is 0 Å². The molecule has 0 amide bonds. The maximum absolute atomic E-state index is 4.05. The van der Waals surface area contributed by atoms with E-state index in [4.69, 9.17) is 0 Å². The Morgan fingerprint density at radius 3 is 2.93 bits per heavy atom. The largest absolute Gasteiger partial charge is 0.359 e. The summed E-state index contributed by atoms with van der Waals surface area (Å²) in [6, 6.07) is 0.315. The van der Waals surface area contributed by atoms with Crippen LogP contribution in [0.15, 0.2) is 23.7 Å². The number of guanidine groups is 1. The van der Waals surface area contributed by atoms with Crippen molar-refractivity contribution in [3.63, 3.8) is 0 Å². The number of nitrogens with zero attached hydrogens (tertiary/aromatic N) is 3. The van der Waals surface area contributed by atoms with Crippen LogP contribution in [-0.4, -0.2) is 35.6 Å². The van der Waals surface area contributed by atoms with E-state index in [9.17, 15) is 0 Å². The smallest absolute Gasteiger partial charge is 0.190 e. The van der Waals surface area contributed by atoms with Crippen LogP contribution in [0.2, 0.25) is 0 Å². The van der Waals surface area contributed by atoms with Gasteiger partial charge in [0.25, 0.3) is 0 Å². The van der Waals surface area contributed by atoms with E-state index in [-0.39, 0.29) is 0 Å². The molecule has 0 radical (unpaired) electrons. The zero-order valence-electron chi connectivity index (χ0n) is 8.86. The number of rotatable bonds is 3.